The summed E-state index contributed by atoms with van der Waals surface area (Å²) < 4.78 is 6.01. The third-order valence-corrected chi connectivity index (χ3v) is 5.49. The van der Waals surface area contributed by atoms with Crippen molar-refractivity contribution in [3.8, 4) is 0 Å². The second kappa shape index (κ2) is 9.01. The van der Waals surface area contributed by atoms with E-state index < -0.39 is 0 Å². The van der Waals surface area contributed by atoms with E-state index >= 15 is 0 Å². The molecule has 2 fully saturated rings. The standard InChI is InChI=1S/C21H28N6O/c1-22-20(26-11-13-27(14-12-26)21-23-9-5-10-24-21)25-16-18-8-15-28-19(18)17-6-3-2-4-7-17/h2-7,9-10,18-19H,8,11-16H2,1H3,(H,22,25). The van der Waals surface area contributed by atoms with Crippen molar-refractivity contribution in [3.63, 3.8) is 0 Å². The Kier molecular flexibility index (Phi) is 6.01. The van der Waals surface area contributed by atoms with Gasteiger partial charge in [-0.1, -0.05) is 30.3 Å². The fraction of sp³-hybridized carbons (Fsp3) is 0.476. The summed E-state index contributed by atoms with van der Waals surface area (Å²) in [7, 11) is 1.86. The molecule has 7 heteroatoms. The quantitative estimate of drug-likeness (QED) is 0.646. The van der Waals surface area contributed by atoms with Crippen molar-refractivity contribution >= 4 is 11.9 Å². The Labute approximate surface area is 166 Å². The van der Waals surface area contributed by atoms with Crippen LogP contribution in [-0.4, -0.2) is 67.2 Å². The van der Waals surface area contributed by atoms with Gasteiger partial charge in [0.2, 0.25) is 5.95 Å². The Morgan fingerprint density at radius 3 is 2.57 bits per heavy atom. The molecule has 1 aromatic carbocycles. The van der Waals surface area contributed by atoms with Crippen molar-refractivity contribution in [2.75, 3.05) is 51.3 Å². The molecule has 0 aliphatic carbocycles. The van der Waals surface area contributed by atoms with Gasteiger partial charge in [0.1, 0.15) is 0 Å². The summed E-state index contributed by atoms with van der Waals surface area (Å²) in [6.45, 7) is 5.28. The van der Waals surface area contributed by atoms with Crippen molar-refractivity contribution in [1.29, 1.82) is 0 Å². The van der Waals surface area contributed by atoms with Crippen LogP contribution in [0.5, 0.6) is 0 Å². The second-order valence-corrected chi connectivity index (χ2v) is 7.20. The average molecular weight is 380 g/mol. The maximum atomic E-state index is 6.01. The minimum atomic E-state index is 0.166. The highest BCUT2D eigenvalue weighted by Crippen LogP contribution is 2.33. The van der Waals surface area contributed by atoms with E-state index in [-0.39, 0.29) is 6.10 Å². The van der Waals surface area contributed by atoms with Crippen molar-refractivity contribution in [2.45, 2.75) is 12.5 Å². The summed E-state index contributed by atoms with van der Waals surface area (Å²) in [5.41, 5.74) is 1.26. The average Bonchev–Trinajstić information content (AvgIpc) is 3.24. The van der Waals surface area contributed by atoms with Crippen molar-refractivity contribution in [3.05, 3.63) is 54.4 Å². The van der Waals surface area contributed by atoms with Crippen LogP contribution in [0.2, 0.25) is 0 Å². The van der Waals surface area contributed by atoms with Gasteiger partial charge in [-0.05, 0) is 18.1 Å². The highest BCUT2D eigenvalue weighted by Gasteiger charge is 2.30. The largest absolute Gasteiger partial charge is 0.373 e. The first-order chi connectivity index (χ1) is 13.8. The molecule has 2 saturated heterocycles. The first-order valence-corrected chi connectivity index (χ1v) is 9.99. The van der Waals surface area contributed by atoms with Gasteiger partial charge < -0.3 is 19.9 Å². The van der Waals surface area contributed by atoms with Gasteiger partial charge in [0.05, 0.1) is 6.10 Å². The van der Waals surface area contributed by atoms with Gasteiger partial charge in [0.15, 0.2) is 5.96 Å². The molecule has 28 heavy (non-hydrogen) atoms. The number of aliphatic imine (C=N–C) groups is 1. The first kappa shape index (κ1) is 18.7. The van der Waals surface area contributed by atoms with E-state index in [9.17, 15) is 0 Å². The first-order valence-electron chi connectivity index (χ1n) is 9.99. The van der Waals surface area contributed by atoms with Crippen LogP contribution in [0.15, 0.2) is 53.8 Å². The number of anilines is 1. The van der Waals surface area contributed by atoms with Gasteiger partial charge in [0, 0.05) is 64.7 Å². The Bertz CT molecular complexity index is 761. The van der Waals surface area contributed by atoms with Crippen LogP contribution in [-0.2, 0) is 4.74 Å². The van der Waals surface area contributed by atoms with Gasteiger partial charge in [-0.25, -0.2) is 9.97 Å². The van der Waals surface area contributed by atoms with E-state index in [0.717, 1.165) is 57.7 Å². The molecule has 2 aromatic rings. The third kappa shape index (κ3) is 4.25. The van der Waals surface area contributed by atoms with Gasteiger partial charge in [0.25, 0.3) is 0 Å². The van der Waals surface area contributed by atoms with Crippen LogP contribution in [0.25, 0.3) is 0 Å². The molecule has 2 atom stereocenters. The topological polar surface area (TPSA) is 65.9 Å². The lowest BCUT2D eigenvalue weighted by Gasteiger charge is -2.36. The van der Waals surface area contributed by atoms with Crippen molar-refractivity contribution in [1.82, 2.24) is 20.2 Å². The molecule has 2 unspecified atom stereocenters. The smallest absolute Gasteiger partial charge is 0.225 e. The number of nitrogens with zero attached hydrogens (tertiary/aromatic N) is 5. The zero-order valence-corrected chi connectivity index (χ0v) is 16.4. The zero-order chi connectivity index (χ0) is 19.2. The molecule has 4 rings (SSSR count). The number of nitrogens with one attached hydrogen (secondary N) is 1. The molecule has 148 valence electrons. The Morgan fingerprint density at radius 1 is 1.11 bits per heavy atom. The molecular formula is C21H28N6O. The predicted octanol–water partition coefficient (Wildman–Crippen LogP) is 1.95. The molecule has 1 N–H and O–H groups in total. The molecule has 1 aromatic heterocycles. The number of hydrogen-bond acceptors (Lipinski definition) is 5. The number of hydrogen-bond donors (Lipinski definition) is 1. The predicted molar refractivity (Wildman–Crippen MR) is 110 cm³/mol. The SMILES string of the molecule is CN=C(NCC1CCOC1c1ccccc1)N1CCN(c2ncccn2)CC1. The Hall–Kier alpha value is -2.67. The summed E-state index contributed by atoms with van der Waals surface area (Å²) >= 11 is 0. The van der Waals surface area contributed by atoms with Gasteiger partial charge in [-0.15, -0.1) is 0 Å². The molecular weight excluding hydrogens is 352 g/mol. The molecule has 0 saturated carbocycles. The van der Waals surface area contributed by atoms with Crippen LogP contribution in [0, 0.1) is 5.92 Å². The van der Waals surface area contributed by atoms with Gasteiger partial charge >= 0.3 is 0 Å². The Balaban J connectivity index is 1.31. The van der Waals surface area contributed by atoms with Crippen LogP contribution in [0.4, 0.5) is 5.95 Å². The van der Waals surface area contributed by atoms with Crippen LogP contribution < -0.4 is 10.2 Å². The van der Waals surface area contributed by atoms with Crippen LogP contribution >= 0.6 is 0 Å². The lowest BCUT2D eigenvalue weighted by atomic mass is 9.95. The molecule has 2 aliphatic heterocycles. The number of benzene rings is 1. The van der Waals surface area contributed by atoms with Gasteiger partial charge in [-0.2, -0.15) is 0 Å². The fourth-order valence-electron chi connectivity index (χ4n) is 3.98. The number of rotatable bonds is 4. The number of aromatic nitrogens is 2. The third-order valence-electron chi connectivity index (χ3n) is 5.49. The molecule has 0 spiro atoms. The normalized spacial score (nSPS) is 23.1. The van der Waals surface area contributed by atoms with E-state index in [4.69, 9.17) is 4.74 Å². The molecule has 0 amide bonds. The molecule has 7 nitrogen and oxygen atoms in total. The van der Waals surface area contributed by atoms with Crippen LogP contribution in [0.3, 0.4) is 0 Å². The minimum absolute atomic E-state index is 0.166. The number of piperazine rings is 1. The van der Waals surface area contributed by atoms with Crippen LogP contribution in [0.1, 0.15) is 18.1 Å². The molecule has 2 aliphatic rings. The highest BCUT2D eigenvalue weighted by molar-refractivity contribution is 5.80. The van der Waals surface area contributed by atoms with Crippen molar-refractivity contribution < 1.29 is 4.74 Å². The summed E-state index contributed by atoms with van der Waals surface area (Å²) in [6.07, 6.45) is 4.83. The van der Waals surface area contributed by atoms with E-state index in [1.165, 1.54) is 5.56 Å². The maximum absolute atomic E-state index is 6.01. The molecule has 0 radical (unpaired) electrons. The molecule has 0 bridgehead atoms. The highest BCUT2D eigenvalue weighted by atomic mass is 16.5. The number of ether oxygens (including phenoxy) is 1. The van der Waals surface area contributed by atoms with Gasteiger partial charge in [-0.3, -0.25) is 4.99 Å². The fourth-order valence-corrected chi connectivity index (χ4v) is 3.98. The summed E-state index contributed by atoms with van der Waals surface area (Å²) in [5.74, 6) is 2.23. The van der Waals surface area contributed by atoms with E-state index in [1.54, 1.807) is 12.4 Å². The number of guanidine groups is 1. The Morgan fingerprint density at radius 2 is 1.86 bits per heavy atom. The minimum Gasteiger partial charge on any atom is -0.373 e. The molecule has 3 heterocycles. The second-order valence-electron chi connectivity index (χ2n) is 7.20. The van der Waals surface area contributed by atoms with E-state index in [2.05, 4.69) is 54.3 Å². The van der Waals surface area contributed by atoms with E-state index in [1.807, 2.05) is 19.2 Å². The lowest BCUT2D eigenvalue weighted by molar-refractivity contribution is 0.0913. The monoisotopic (exact) mass is 380 g/mol. The summed E-state index contributed by atoms with van der Waals surface area (Å²) in [6, 6.07) is 12.4. The van der Waals surface area contributed by atoms with E-state index in [0.29, 0.717) is 5.92 Å². The lowest BCUT2D eigenvalue weighted by Crippen LogP contribution is -2.53. The van der Waals surface area contributed by atoms with Crippen molar-refractivity contribution in [2.24, 2.45) is 10.9 Å². The maximum Gasteiger partial charge on any atom is 0.225 e. The summed E-state index contributed by atoms with van der Waals surface area (Å²) in [4.78, 5) is 17.8. The zero-order valence-electron chi connectivity index (χ0n) is 16.4. The summed E-state index contributed by atoms with van der Waals surface area (Å²) in [5, 5.41) is 3.58.